The summed E-state index contributed by atoms with van der Waals surface area (Å²) < 4.78 is 24.2. The number of nitrogens with zero attached hydrogens (tertiary/aromatic N) is 1. The lowest BCUT2D eigenvalue weighted by Gasteiger charge is -2.30. The summed E-state index contributed by atoms with van der Waals surface area (Å²) in [6, 6.07) is 11.6. The number of amides is 2. The summed E-state index contributed by atoms with van der Waals surface area (Å²) in [6.45, 7) is 1.16. The number of carbonyl (C=O) groups excluding carboxylic acids is 2. The van der Waals surface area contributed by atoms with Gasteiger partial charge < -0.3 is 19.7 Å². The maximum Gasteiger partial charge on any atom is 0.246 e. The van der Waals surface area contributed by atoms with Crippen LogP contribution < -0.4 is 14.8 Å². The van der Waals surface area contributed by atoms with Crippen LogP contribution in [0.3, 0.4) is 0 Å². The SMILES string of the molecule is O=C(Nc1ccc2c(c1)OCO2)C1CCN(C(=O)/C=C/c2ccccc2F)CC1. The van der Waals surface area contributed by atoms with E-state index < -0.39 is 0 Å². The van der Waals surface area contributed by atoms with E-state index in [0.29, 0.717) is 48.7 Å². The second-order valence-corrected chi connectivity index (χ2v) is 7.01. The summed E-state index contributed by atoms with van der Waals surface area (Å²) in [6.07, 6.45) is 4.02. The third-order valence-electron chi connectivity index (χ3n) is 5.13. The Kier molecular flexibility index (Phi) is 5.46. The maximum atomic E-state index is 13.6. The van der Waals surface area contributed by atoms with Gasteiger partial charge in [0.2, 0.25) is 18.6 Å². The molecule has 0 saturated carbocycles. The van der Waals surface area contributed by atoms with Crippen molar-refractivity contribution >= 4 is 23.6 Å². The van der Waals surface area contributed by atoms with E-state index >= 15 is 0 Å². The van der Waals surface area contributed by atoms with E-state index in [9.17, 15) is 14.0 Å². The van der Waals surface area contributed by atoms with E-state index in [2.05, 4.69) is 5.32 Å². The predicted octanol–water partition coefficient (Wildman–Crippen LogP) is 3.44. The van der Waals surface area contributed by atoms with Crippen molar-refractivity contribution in [2.45, 2.75) is 12.8 Å². The van der Waals surface area contributed by atoms with Crippen LogP contribution in [0.25, 0.3) is 6.08 Å². The van der Waals surface area contributed by atoms with Gasteiger partial charge in [0.05, 0.1) is 0 Å². The molecule has 0 spiro atoms. The van der Waals surface area contributed by atoms with Crippen LogP contribution in [-0.2, 0) is 9.59 Å². The molecule has 1 saturated heterocycles. The Labute approximate surface area is 167 Å². The summed E-state index contributed by atoms with van der Waals surface area (Å²) in [7, 11) is 0. The van der Waals surface area contributed by atoms with Crippen molar-refractivity contribution in [2.75, 3.05) is 25.2 Å². The van der Waals surface area contributed by atoms with Gasteiger partial charge in [-0.3, -0.25) is 9.59 Å². The second kappa shape index (κ2) is 8.34. The zero-order valence-electron chi connectivity index (χ0n) is 15.8. The van der Waals surface area contributed by atoms with Crippen molar-refractivity contribution in [3.8, 4) is 11.5 Å². The molecule has 2 amide bonds. The van der Waals surface area contributed by atoms with Gasteiger partial charge in [-0.15, -0.1) is 0 Å². The number of rotatable bonds is 4. The van der Waals surface area contributed by atoms with Crippen LogP contribution in [0, 0.1) is 11.7 Å². The minimum Gasteiger partial charge on any atom is -0.454 e. The number of ether oxygens (including phenoxy) is 2. The molecular formula is C22H21FN2O4. The van der Waals surface area contributed by atoms with Crippen molar-refractivity contribution in [3.05, 3.63) is 59.9 Å². The van der Waals surface area contributed by atoms with Gasteiger partial charge in [-0.05, 0) is 37.1 Å². The monoisotopic (exact) mass is 396 g/mol. The number of hydrogen-bond acceptors (Lipinski definition) is 4. The predicted molar refractivity (Wildman–Crippen MR) is 106 cm³/mol. The average Bonchev–Trinajstić information content (AvgIpc) is 3.21. The standard InChI is InChI=1S/C22H21FN2O4/c23-18-4-2-1-3-15(18)5-8-21(26)25-11-9-16(10-12-25)22(27)24-17-6-7-19-20(13-17)29-14-28-19/h1-8,13,16H,9-12,14H2,(H,24,27)/b8-5+. The number of benzene rings is 2. The molecule has 7 heteroatoms. The molecule has 29 heavy (non-hydrogen) atoms. The molecule has 150 valence electrons. The van der Waals surface area contributed by atoms with E-state index in [0.717, 1.165) is 0 Å². The Balaban J connectivity index is 1.29. The summed E-state index contributed by atoms with van der Waals surface area (Å²) >= 11 is 0. The van der Waals surface area contributed by atoms with Crippen LogP contribution in [0.1, 0.15) is 18.4 Å². The molecule has 0 aromatic heterocycles. The van der Waals surface area contributed by atoms with Gasteiger partial charge in [0.15, 0.2) is 11.5 Å². The lowest BCUT2D eigenvalue weighted by molar-refractivity contribution is -0.130. The zero-order valence-corrected chi connectivity index (χ0v) is 15.8. The highest BCUT2D eigenvalue weighted by atomic mass is 19.1. The van der Waals surface area contributed by atoms with E-state index in [4.69, 9.17) is 9.47 Å². The Bertz CT molecular complexity index is 952. The van der Waals surface area contributed by atoms with Gasteiger partial charge in [-0.2, -0.15) is 0 Å². The molecule has 0 bridgehead atoms. The highest BCUT2D eigenvalue weighted by Gasteiger charge is 2.27. The largest absolute Gasteiger partial charge is 0.454 e. The summed E-state index contributed by atoms with van der Waals surface area (Å²) in [4.78, 5) is 26.6. The van der Waals surface area contributed by atoms with E-state index in [-0.39, 0.29) is 30.3 Å². The van der Waals surface area contributed by atoms with E-state index in [1.54, 1.807) is 41.3 Å². The molecule has 2 aliphatic rings. The third-order valence-corrected chi connectivity index (χ3v) is 5.13. The Morgan fingerprint density at radius 1 is 1.07 bits per heavy atom. The van der Waals surface area contributed by atoms with Gasteiger partial charge in [0.25, 0.3) is 0 Å². The fourth-order valence-electron chi connectivity index (χ4n) is 3.46. The molecular weight excluding hydrogens is 375 g/mol. The lowest BCUT2D eigenvalue weighted by Crippen LogP contribution is -2.40. The Hall–Kier alpha value is -3.35. The first-order valence-corrected chi connectivity index (χ1v) is 9.52. The lowest BCUT2D eigenvalue weighted by atomic mass is 9.95. The van der Waals surface area contributed by atoms with Crippen LogP contribution in [0.2, 0.25) is 0 Å². The van der Waals surface area contributed by atoms with Gasteiger partial charge in [-0.1, -0.05) is 18.2 Å². The van der Waals surface area contributed by atoms with Crippen molar-refractivity contribution < 1.29 is 23.5 Å². The van der Waals surface area contributed by atoms with Gasteiger partial charge in [0, 0.05) is 42.4 Å². The number of anilines is 1. The van der Waals surface area contributed by atoms with Crippen molar-refractivity contribution in [1.29, 1.82) is 0 Å². The molecule has 2 aromatic carbocycles. The minimum atomic E-state index is -0.365. The molecule has 0 unspecified atom stereocenters. The number of fused-ring (bicyclic) bond motifs is 1. The van der Waals surface area contributed by atoms with E-state index in [1.165, 1.54) is 18.2 Å². The van der Waals surface area contributed by atoms with Crippen molar-refractivity contribution in [3.63, 3.8) is 0 Å². The number of nitrogens with one attached hydrogen (secondary N) is 1. The maximum absolute atomic E-state index is 13.6. The molecule has 0 aliphatic carbocycles. The van der Waals surface area contributed by atoms with Crippen LogP contribution in [0.15, 0.2) is 48.5 Å². The summed E-state index contributed by atoms with van der Waals surface area (Å²) in [5.74, 6) is 0.499. The summed E-state index contributed by atoms with van der Waals surface area (Å²) in [5, 5.41) is 2.90. The first kappa shape index (κ1) is 19.0. The molecule has 1 fully saturated rings. The number of carbonyl (C=O) groups is 2. The smallest absolute Gasteiger partial charge is 0.246 e. The van der Waals surface area contributed by atoms with Gasteiger partial charge >= 0.3 is 0 Å². The number of hydrogen-bond donors (Lipinski definition) is 1. The highest BCUT2D eigenvalue weighted by Crippen LogP contribution is 2.34. The number of piperidine rings is 1. The normalized spacial score (nSPS) is 16.2. The Morgan fingerprint density at radius 2 is 1.83 bits per heavy atom. The molecule has 0 atom stereocenters. The minimum absolute atomic E-state index is 0.0714. The van der Waals surface area contributed by atoms with Crippen LogP contribution in [0.5, 0.6) is 11.5 Å². The molecule has 6 nitrogen and oxygen atoms in total. The fraction of sp³-hybridized carbons (Fsp3) is 0.273. The van der Waals surface area contributed by atoms with Crippen LogP contribution >= 0.6 is 0 Å². The third kappa shape index (κ3) is 4.39. The Morgan fingerprint density at radius 3 is 2.62 bits per heavy atom. The molecule has 2 heterocycles. The number of halogens is 1. The first-order chi connectivity index (χ1) is 14.1. The molecule has 0 radical (unpaired) electrons. The molecule has 2 aliphatic heterocycles. The van der Waals surface area contributed by atoms with Crippen molar-refractivity contribution in [1.82, 2.24) is 4.90 Å². The van der Waals surface area contributed by atoms with Gasteiger partial charge in [-0.25, -0.2) is 4.39 Å². The van der Waals surface area contributed by atoms with Crippen LogP contribution in [-0.4, -0.2) is 36.6 Å². The molecule has 2 aromatic rings. The fourth-order valence-corrected chi connectivity index (χ4v) is 3.46. The van der Waals surface area contributed by atoms with E-state index in [1.807, 2.05) is 0 Å². The number of likely N-dealkylation sites (tertiary alicyclic amines) is 1. The average molecular weight is 396 g/mol. The zero-order chi connectivity index (χ0) is 20.2. The van der Waals surface area contributed by atoms with Crippen molar-refractivity contribution in [2.24, 2.45) is 5.92 Å². The molecule has 1 N–H and O–H groups in total. The first-order valence-electron chi connectivity index (χ1n) is 9.52. The van der Waals surface area contributed by atoms with Gasteiger partial charge in [0.1, 0.15) is 5.82 Å². The molecule has 4 rings (SSSR count). The van der Waals surface area contributed by atoms with Crippen LogP contribution in [0.4, 0.5) is 10.1 Å². The highest BCUT2D eigenvalue weighted by molar-refractivity contribution is 5.94. The summed E-state index contributed by atoms with van der Waals surface area (Å²) in [5.41, 5.74) is 1.03. The topological polar surface area (TPSA) is 67.9 Å². The quantitative estimate of drug-likeness (QED) is 0.804. The second-order valence-electron chi connectivity index (χ2n) is 7.01.